The average molecular weight is 542 g/mol. The summed E-state index contributed by atoms with van der Waals surface area (Å²) < 4.78 is 10.7. The third-order valence-electron chi connectivity index (χ3n) is 5.69. The summed E-state index contributed by atoms with van der Waals surface area (Å²) >= 11 is 0. The summed E-state index contributed by atoms with van der Waals surface area (Å²) in [6.45, 7) is 9.69. The molecule has 0 heterocycles. The minimum atomic E-state index is -1.44. The number of alkyl carbamates (subject to hydrolysis) is 2. The zero-order valence-corrected chi connectivity index (χ0v) is 23.3. The number of ether oxygens (including phenoxy) is 2. The number of ketones is 1. The Morgan fingerprint density at radius 3 is 1.90 bits per heavy atom. The average Bonchev–Trinajstić information content (AvgIpc) is 2.87. The van der Waals surface area contributed by atoms with Gasteiger partial charge in [-0.2, -0.15) is 0 Å². The van der Waals surface area contributed by atoms with Gasteiger partial charge in [0.25, 0.3) is 0 Å². The normalized spacial score (nSPS) is 14.4. The van der Waals surface area contributed by atoms with E-state index in [0.717, 1.165) is 5.56 Å². The van der Waals surface area contributed by atoms with E-state index in [0.29, 0.717) is 5.56 Å². The van der Waals surface area contributed by atoms with E-state index in [1.54, 1.807) is 89.2 Å². The molecule has 4 N–H and O–H groups in total. The first-order valence-electron chi connectivity index (χ1n) is 12.8. The SMILES string of the molecule is CC(=O)[C@@H](NC(=O)[C@@H](NC(=O)OCc1ccccc1)[C@H](NC(=O)OC(C)(C)C)c1ccccc1)[C@H](O)C(C)C. The van der Waals surface area contributed by atoms with Crippen LogP contribution in [0, 0.1) is 5.92 Å². The van der Waals surface area contributed by atoms with Crippen LogP contribution in [0.5, 0.6) is 0 Å². The van der Waals surface area contributed by atoms with Crippen LogP contribution in [0.2, 0.25) is 0 Å². The number of Topliss-reactive ketones (excluding diaryl/α,β-unsaturated/α-hetero) is 1. The van der Waals surface area contributed by atoms with Crippen LogP contribution in [0.25, 0.3) is 0 Å². The fourth-order valence-electron chi connectivity index (χ4n) is 3.70. The molecular formula is C29H39N3O7. The van der Waals surface area contributed by atoms with Gasteiger partial charge in [-0.25, -0.2) is 9.59 Å². The van der Waals surface area contributed by atoms with Crippen LogP contribution in [0.15, 0.2) is 60.7 Å². The van der Waals surface area contributed by atoms with Crippen molar-refractivity contribution in [1.82, 2.24) is 16.0 Å². The summed E-state index contributed by atoms with van der Waals surface area (Å²) in [6, 6.07) is 13.7. The van der Waals surface area contributed by atoms with Gasteiger partial charge in [-0.3, -0.25) is 9.59 Å². The fraction of sp³-hybridized carbons (Fsp3) is 0.448. The quantitative estimate of drug-likeness (QED) is 0.340. The van der Waals surface area contributed by atoms with Gasteiger partial charge in [-0.15, -0.1) is 0 Å². The number of carbonyl (C=O) groups excluding carboxylic acids is 4. The van der Waals surface area contributed by atoms with Gasteiger partial charge in [-0.05, 0) is 44.7 Å². The lowest BCUT2D eigenvalue weighted by atomic mass is 9.94. The van der Waals surface area contributed by atoms with Crippen molar-refractivity contribution in [1.29, 1.82) is 0 Å². The van der Waals surface area contributed by atoms with Crippen LogP contribution in [-0.4, -0.2) is 52.8 Å². The maximum absolute atomic E-state index is 13.6. The van der Waals surface area contributed by atoms with Crippen LogP contribution in [-0.2, 0) is 25.7 Å². The molecule has 0 fully saturated rings. The second-order valence-corrected chi connectivity index (χ2v) is 10.5. The molecule has 3 amide bonds. The Labute approximate surface area is 229 Å². The van der Waals surface area contributed by atoms with Gasteiger partial charge in [0, 0.05) is 0 Å². The number of hydrogen-bond acceptors (Lipinski definition) is 7. The van der Waals surface area contributed by atoms with Crippen molar-refractivity contribution in [2.75, 3.05) is 0 Å². The summed E-state index contributed by atoms with van der Waals surface area (Å²) in [5.41, 5.74) is 0.388. The minimum Gasteiger partial charge on any atom is -0.445 e. The molecule has 2 aromatic rings. The highest BCUT2D eigenvalue weighted by Gasteiger charge is 2.37. The number of hydrogen-bond donors (Lipinski definition) is 4. The molecule has 4 atom stereocenters. The van der Waals surface area contributed by atoms with Crippen LogP contribution < -0.4 is 16.0 Å². The maximum Gasteiger partial charge on any atom is 0.408 e. The first kappa shape index (κ1) is 31.3. The van der Waals surface area contributed by atoms with Crippen LogP contribution in [0.3, 0.4) is 0 Å². The minimum absolute atomic E-state index is 0.0569. The number of carbonyl (C=O) groups is 4. The number of nitrogens with one attached hydrogen (secondary N) is 3. The third kappa shape index (κ3) is 10.4. The Morgan fingerprint density at radius 1 is 0.821 bits per heavy atom. The van der Waals surface area contributed by atoms with E-state index in [4.69, 9.17) is 9.47 Å². The van der Waals surface area contributed by atoms with Gasteiger partial charge in [0.15, 0.2) is 5.78 Å². The van der Waals surface area contributed by atoms with Crippen molar-refractivity contribution >= 4 is 23.9 Å². The molecule has 2 aromatic carbocycles. The first-order chi connectivity index (χ1) is 18.3. The fourth-order valence-corrected chi connectivity index (χ4v) is 3.70. The molecule has 2 rings (SSSR count). The molecular weight excluding hydrogens is 502 g/mol. The molecule has 39 heavy (non-hydrogen) atoms. The Bertz CT molecular complexity index is 1100. The number of benzene rings is 2. The van der Waals surface area contributed by atoms with Crippen molar-refractivity contribution in [2.45, 2.75) is 78.0 Å². The van der Waals surface area contributed by atoms with Crippen LogP contribution in [0.4, 0.5) is 9.59 Å². The summed E-state index contributed by atoms with van der Waals surface area (Å²) in [5, 5.41) is 18.3. The van der Waals surface area contributed by atoms with E-state index < -0.39 is 53.7 Å². The molecule has 0 bridgehead atoms. The van der Waals surface area contributed by atoms with Crippen molar-refractivity contribution in [3.63, 3.8) is 0 Å². The van der Waals surface area contributed by atoms with Crippen LogP contribution in [0.1, 0.15) is 58.7 Å². The van der Waals surface area contributed by atoms with E-state index in [9.17, 15) is 24.3 Å². The lowest BCUT2D eigenvalue weighted by molar-refractivity contribution is -0.131. The predicted octanol–water partition coefficient (Wildman–Crippen LogP) is 3.64. The molecule has 0 saturated heterocycles. The van der Waals surface area contributed by atoms with E-state index in [1.165, 1.54) is 6.92 Å². The van der Waals surface area contributed by atoms with E-state index in [-0.39, 0.29) is 12.5 Å². The zero-order chi connectivity index (χ0) is 29.2. The van der Waals surface area contributed by atoms with Gasteiger partial charge >= 0.3 is 12.2 Å². The summed E-state index contributed by atoms with van der Waals surface area (Å²) in [6.07, 6.45) is -2.92. The molecule has 0 saturated carbocycles. The highest BCUT2D eigenvalue weighted by molar-refractivity contribution is 5.92. The Kier molecular flexibility index (Phi) is 11.5. The monoisotopic (exact) mass is 541 g/mol. The zero-order valence-electron chi connectivity index (χ0n) is 23.3. The van der Waals surface area contributed by atoms with Crippen molar-refractivity contribution in [3.8, 4) is 0 Å². The predicted molar refractivity (Wildman–Crippen MR) is 146 cm³/mol. The maximum atomic E-state index is 13.6. The van der Waals surface area contributed by atoms with Crippen molar-refractivity contribution in [2.24, 2.45) is 5.92 Å². The van der Waals surface area contributed by atoms with Gasteiger partial charge in [0.1, 0.15) is 24.3 Å². The van der Waals surface area contributed by atoms with Gasteiger partial charge in [-0.1, -0.05) is 74.5 Å². The van der Waals surface area contributed by atoms with Crippen molar-refractivity contribution in [3.05, 3.63) is 71.8 Å². The molecule has 0 spiro atoms. The lowest BCUT2D eigenvalue weighted by Gasteiger charge is -2.32. The summed E-state index contributed by atoms with van der Waals surface area (Å²) in [5.74, 6) is -1.62. The van der Waals surface area contributed by atoms with E-state index in [2.05, 4.69) is 16.0 Å². The molecule has 0 radical (unpaired) electrons. The Balaban J connectivity index is 2.41. The van der Waals surface area contributed by atoms with Gasteiger partial charge in [0.05, 0.1) is 12.1 Å². The highest BCUT2D eigenvalue weighted by atomic mass is 16.6. The molecule has 0 aromatic heterocycles. The molecule has 10 nitrogen and oxygen atoms in total. The second-order valence-electron chi connectivity index (χ2n) is 10.5. The van der Waals surface area contributed by atoms with Gasteiger partial charge < -0.3 is 30.5 Å². The smallest absolute Gasteiger partial charge is 0.408 e. The van der Waals surface area contributed by atoms with E-state index >= 15 is 0 Å². The molecule has 0 aliphatic heterocycles. The van der Waals surface area contributed by atoms with E-state index in [1.807, 2.05) is 6.07 Å². The summed E-state index contributed by atoms with van der Waals surface area (Å²) in [7, 11) is 0. The molecule has 212 valence electrons. The molecule has 0 aliphatic carbocycles. The standard InChI is InChI=1S/C29H39N3O7/c1-18(2)25(34)22(19(3)33)30-26(35)24(32-27(36)38-17-20-13-9-7-10-14-20)23(21-15-11-8-12-16-21)31-28(37)39-29(4,5)6/h7-16,18,22-25,34H,17H2,1-6H3,(H,30,35)(H,31,37)(H,32,36)/t22-,23-,24+,25-/m1/s1. The topological polar surface area (TPSA) is 143 Å². The Hall–Kier alpha value is -3.92. The van der Waals surface area contributed by atoms with Gasteiger partial charge in [0.2, 0.25) is 5.91 Å². The number of aliphatic hydroxyl groups is 1. The number of rotatable bonds is 11. The highest BCUT2D eigenvalue weighted by Crippen LogP contribution is 2.20. The molecule has 10 heteroatoms. The number of amides is 3. The first-order valence-corrected chi connectivity index (χ1v) is 12.8. The van der Waals surface area contributed by atoms with Crippen molar-refractivity contribution < 1.29 is 33.8 Å². The summed E-state index contributed by atoms with van der Waals surface area (Å²) in [4.78, 5) is 51.6. The largest absolute Gasteiger partial charge is 0.445 e. The second kappa shape index (κ2) is 14.3. The number of aliphatic hydroxyl groups excluding tert-OH is 1. The molecule has 0 aliphatic rings. The molecule has 0 unspecified atom stereocenters. The third-order valence-corrected chi connectivity index (χ3v) is 5.69. The Morgan fingerprint density at radius 2 is 1.38 bits per heavy atom. The van der Waals surface area contributed by atoms with Crippen LogP contribution >= 0.6 is 0 Å². The lowest BCUT2D eigenvalue weighted by Crippen LogP contribution is -2.59.